The third kappa shape index (κ3) is 14.9. The van der Waals surface area contributed by atoms with Gasteiger partial charge in [0.1, 0.15) is 0 Å². The third-order valence-corrected chi connectivity index (χ3v) is 11.3. The number of methoxy groups -OCH3 is 2. The van der Waals surface area contributed by atoms with Gasteiger partial charge < -0.3 is 9.47 Å². The van der Waals surface area contributed by atoms with Gasteiger partial charge in [0.25, 0.3) is 0 Å². The topological polar surface area (TPSA) is 35.5 Å². The number of hydrogen-bond donors (Lipinski definition) is 0. The average Bonchev–Trinajstić information content (AvgIpc) is 3.43. The summed E-state index contributed by atoms with van der Waals surface area (Å²) in [5, 5.41) is 0. The van der Waals surface area contributed by atoms with Gasteiger partial charge in [-0.15, -0.1) is 29.2 Å². The van der Waals surface area contributed by atoms with Crippen LogP contribution in [-0.2, 0) is 92.5 Å². The van der Waals surface area contributed by atoms with E-state index in [0.29, 0.717) is 30.1 Å². The largest absolute Gasteiger partial charge is 0.381 e. The van der Waals surface area contributed by atoms with Crippen molar-refractivity contribution in [2.24, 2.45) is 5.92 Å². The molecule has 5 atom stereocenters. The molecule has 2 aliphatic carbocycles. The summed E-state index contributed by atoms with van der Waals surface area (Å²) in [5.74, 6) is 8.25. The van der Waals surface area contributed by atoms with Gasteiger partial charge in [0.2, 0.25) is 0 Å². The molecule has 3 nitrogen and oxygen atoms in total. The quantitative estimate of drug-likeness (QED) is 0.0648. The monoisotopic (exact) mass is 870 g/mol. The van der Waals surface area contributed by atoms with Crippen molar-refractivity contribution in [3.8, 4) is 11.8 Å². The fourth-order valence-corrected chi connectivity index (χ4v) is 8.50. The van der Waals surface area contributed by atoms with E-state index in [1.54, 1.807) is 0 Å². The second-order valence-corrected chi connectivity index (χ2v) is 15.1. The molecule has 0 fully saturated rings. The van der Waals surface area contributed by atoms with Gasteiger partial charge in [0.05, 0.1) is 12.2 Å². The SMILES string of the molecule is C=CCc1c(C)[c-]cc(C)c1C(C)C#CCCC(CCCCC)OC.CCCCC[C@@H](CCC1=C2C(CC1=O)Cc1c[c-]cc(C)c1C2C)OC.[Y].[Y]. The Morgan fingerprint density at radius 2 is 1.55 bits per heavy atom. The first-order valence-corrected chi connectivity index (χ1v) is 20.0. The zero-order chi connectivity index (χ0) is 37.3. The van der Waals surface area contributed by atoms with Gasteiger partial charge in [0.15, 0.2) is 5.78 Å². The number of carbonyl (C=O) groups excluding carboxylic acids is 1. The first kappa shape index (κ1) is 50.3. The number of allylic oxidation sites excluding steroid dienone is 3. The smallest absolute Gasteiger partial charge is 0.159 e. The number of benzene rings is 2. The second kappa shape index (κ2) is 27.0. The van der Waals surface area contributed by atoms with Crippen molar-refractivity contribution in [3.63, 3.8) is 0 Å². The molecule has 0 heterocycles. The standard InChI is InChI=1S/C24H33O2.C24H35O.2Y/c1-5-6-7-11-20(26-4)12-13-21-22(25)15-19-14-18-10-8-9-16(2)23(18)17(3)24(19)21;1-7-9-10-15-22(25-6)16-12-11-14-20(4)24-21(5)18-17-19(3)23(24)13-8-2;;/h9-10,17,19-20H,5-7,11-15H2,1-4H3;8,18,20,22H,2,7,9-10,12-13,15-16H2,1,3-6H3;;/q2*-1;;/t17?,19?,20-;;;/m0.../s1. The average molecular weight is 871 g/mol. The molecule has 0 aliphatic heterocycles. The molecular weight excluding hydrogens is 802 g/mol. The first-order valence-electron chi connectivity index (χ1n) is 20.0. The van der Waals surface area contributed by atoms with Gasteiger partial charge in [-0.05, 0) is 56.4 Å². The predicted molar refractivity (Wildman–Crippen MR) is 215 cm³/mol. The minimum Gasteiger partial charge on any atom is -0.381 e. The van der Waals surface area contributed by atoms with Crippen molar-refractivity contribution in [1.29, 1.82) is 0 Å². The summed E-state index contributed by atoms with van der Waals surface area (Å²) in [5.41, 5.74) is 11.9. The Hall–Kier alpha value is -0.722. The summed E-state index contributed by atoms with van der Waals surface area (Å²) in [7, 11) is 3.63. The van der Waals surface area contributed by atoms with Gasteiger partial charge in [-0.25, -0.2) is 0 Å². The predicted octanol–water partition coefficient (Wildman–Crippen LogP) is 12.0. The molecule has 0 bridgehead atoms. The van der Waals surface area contributed by atoms with Crippen LogP contribution in [0.2, 0.25) is 0 Å². The van der Waals surface area contributed by atoms with Crippen LogP contribution in [0, 0.1) is 50.7 Å². The van der Waals surface area contributed by atoms with E-state index in [1.807, 2.05) is 20.3 Å². The Balaban J connectivity index is 0.000000511. The molecule has 2 aromatic carbocycles. The van der Waals surface area contributed by atoms with Crippen LogP contribution in [0.3, 0.4) is 0 Å². The maximum atomic E-state index is 12.8. The number of ether oxygens (including phenoxy) is 2. The van der Waals surface area contributed by atoms with Crippen molar-refractivity contribution >= 4 is 5.78 Å². The van der Waals surface area contributed by atoms with E-state index in [2.05, 4.69) is 97.2 Å². The van der Waals surface area contributed by atoms with Crippen LogP contribution < -0.4 is 0 Å². The molecule has 0 saturated heterocycles. The van der Waals surface area contributed by atoms with E-state index < -0.39 is 0 Å². The Morgan fingerprint density at radius 1 is 0.906 bits per heavy atom. The number of aryl methyl sites for hydroxylation is 3. The molecule has 0 amide bonds. The van der Waals surface area contributed by atoms with Crippen LogP contribution in [-0.4, -0.2) is 32.2 Å². The van der Waals surface area contributed by atoms with Crippen molar-refractivity contribution in [2.45, 2.75) is 169 Å². The van der Waals surface area contributed by atoms with Gasteiger partial charge >= 0.3 is 0 Å². The summed E-state index contributed by atoms with van der Waals surface area (Å²) >= 11 is 0. The van der Waals surface area contributed by atoms with E-state index in [4.69, 9.17) is 9.47 Å². The molecule has 4 rings (SSSR count). The fourth-order valence-electron chi connectivity index (χ4n) is 8.50. The minimum absolute atomic E-state index is 0. The van der Waals surface area contributed by atoms with E-state index in [0.717, 1.165) is 56.9 Å². The maximum absolute atomic E-state index is 12.8. The maximum Gasteiger partial charge on any atom is 0.159 e. The Kier molecular flexibility index (Phi) is 25.6. The van der Waals surface area contributed by atoms with Crippen LogP contribution in [0.15, 0.2) is 42.0 Å². The van der Waals surface area contributed by atoms with Crippen LogP contribution in [0.25, 0.3) is 0 Å². The van der Waals surface area contributed by atoms with E-state index in [9.17, 15) is 4.79 Å². The Bertz CT molecular complexity index is 1510. The van der Waals surface area contributed by atoms with Crippen LogP contribution in [0.5, 0.6) is 0 Å². The molecule has 2 aliphatic rings. The zero-order valence-corrected chi connectivity index (χ0v) is 40.6. The Morgan fingerprint density at radius 3 is 2.15 bits per heavy atom. The normalized spacial score (nSPS) is 17.5. The van der Waals surface area contributed by atoms with E-state index in [1.165, 1.54) is 83.0 Å². The number of hydrogen-bond acceptors (Lipinski definition) is 3. The van der Waals surface area contributed by atoms with Crippen molar-refractivity contribution < 1.29 is 79.7 Å². The number of Topliss-reactive ketones (excluding diaryl/α,β-unsaturated/α-hetero) is 1. The number of rotatable bonds is 18. The van der Waals surface area contributed by atoms with Crippen LogP contribution in [0.1, 0.15) is 162 Å². The Labute approximate surface area is 375 Å². The number of carbonyl (C=O) groups is 1. The molecule has 0 spiro atoms. The summed E-state index contributed by atoms with van der Waals surface area (Å²) in [6, 6.07) is 12.9. The van der Waals surface area contributed by atoms with E-state index >= 15 is 0 Å². The number of ketones is 1. The van der Waals surface area contributed by atoms with Crippen molar-refractivity contribution in [1.82, 2.24) is 0 Å². The minimum atomic E-state index is 0. The molecule has 53 heavy (non-hydrogen) atoms. The number of unbranched alkanes of at least 4 members (excludes halogenated alkanes) is 4. The van der Waals surface area contributed by atoms with Gasteiger partial charge in [0, 0.05) is 98.4 Å². The molecule has 2 radical (unpaired) electrons. The fraction of sp³-hybridized carbons (Fsp3) is 0.604. The summed E-state index contributed by atoms with van der Waals surface area (Å²) in [6.45, 7) is 19.3. The third-order valence-electron chi connectivity index (χ3n) is 11.3. The molecule has 0 saturated carbocycles. The van der Waals surface area contributed by atoms with Crippen LogP contribution in [0.4, 0.5) is 0 Å². The molecular formula is C48H68O3Y2-2. The van der Waals surface area contributed by atoms with E-state index in [-0.39, 0.29) is 77.4 Å². The molecule has 4 unspecified atom stereocenters. The summed E-state index contributed by atoms with van der Waals surface area (Å²) in [6.07, 6.45) is 18.8. The van der Waals surface area contributed by atoms with Gasteiger partial charge in [-0.1, -0.05) is 110 Å². The molecule has 5 heteroatoms. The number of fused-ring (bicyclic) bond motifs is 2. The van der Waals surface area contributed by atoms with Crippen molar-refractivity contribution in [2.75, 3.05) is 14.2 Å². The first-order chi connectivity index (χ1) is 24.6. The van der Waals surface area contributed by atoms with Crippen molar-refractivity contribution in [3.05, 3.63) is 93.1 Å². The van der Waals surface area contributed by atoms with Gasteiger partial charge in [-0.2, -0.15) is 52.6 Å². The molecule has 286 valence electrons. The molecule has 2 aromatic rings. The molecule has 0 N–H and O–H groups in total. The molecule has 0 aromatic heterocycles. The summed E-state index contributed by atoms with van der Waals surface area (Å²) in [4.78, 5) is 12.8. The second-order valence-electron chi connectivity index (χ2n) is 15.1. The van der Waals surface area contributed by atoms with Gasteiger partial charge in [-0.3, -0.25) is 4.79 Å². The van der Waals surface area contributed by atoms with Crippen LogP contribution >= 0.6 is 0 Å². The summed E-state index contributed by atoms with van der Waals surface area (Å²) < 4.78 is 11.3. The zero-order valence-electron chi connectivity index (χ0n) is 34.9.